The number of aryl methyl sites for hydroxylation is 4. The van der Waals surface area contributed by atoms with Gasteiger partial charge in [-0.05, 0) is 69.7 Å². The molecule has 1 aliphatic rings. The van der Waals surface area contributed by atoms with Gasteiger partial charge in [0.15, 0.2) is 0 Å². The van der Waals surface area contributed by atoms with E-state index in [-0.39, 0.29) is 18.0 Å². The van der Waals surface area contributed by atoms with Crippen LogP contribution in [-0.4, -0.2) is 25.2 Å². The second kappa shape index (κ2) is 8.26. The van der Waals surface area contributed by atoms with Crippen molar-refractivity contribution in [2.24, 2.45) is 0 Å². The van der Waals surface area contributed by atoms with Gasteiger partial charge < -0.3 is 5.32 Å². The molecule has 1 aromatic carbocycles. The van der Waals surface area contributed by atoms with Gasteiger partial charge in [0, 0.05) is 16.9 Å². The molecule has 156 valence electrons. The normalized spacial score (nSPS) is 13.2. The van der Waals surface area contributed by atoms with Crippen molar-refractivity contribution in [3.63, 3.8) is 0 Å². The third-order valence-corrected chi connectivity index (χ3v) is 5.57. The molecule has 2 heterocycles. The Morgan fingerprint density at radius 2 is 1.87 bits per heavy atom. The standard InChI is InChI=1S/C23H27N5O2/c1-4-17-9-11-18(12-10-17)24-21(29)14-27-22(30)19-7-5-6-8-20(19)25-23(27)28-16(3)13-15(2)26-28/h9-13H,4-8,14H2,1-3H3,(H,24,29). The lowest BCUT2D eigenvalue weighted by Gasteiger charge is -2.20. The van der Waals surface area contributed by atoms with Crippen LogP contribution in [0.3, 0.4) is 0 Å². The molecule has 2 aromatic heterocycles. The maximum Gasteiger partial charge on any atom is 0.258 e. The predicted octanol–water partition coefficient (Wildman–Crippen LogP) is 3.13. The van der Waals surface area contributed by atoms with Crippen molar-refractivity contribution in [3.05, 3.63) is 68.9 Å². The number of fused-ring (bicyclic) bond motifs is 1. The van der Waals surface area contributed by atoms with Gasteiger partial charge >= 0.3 is 0 Å². The second-order valence-electron chi connectivity index (χ2n) is 7.87. The van der Waals surface area contributed by atoms with Crippen molar-refractivity contribution < 1.29 is 4.79 Å². The molecule has 0 saturated carbocycles. The summed E-state index contributed by atoms with van der Waals surface area (Å²) in [4.78, 5) is 30.9. The third-order valence-electron chi connectivity index (χ3n) is 5.57. The van der Waals surface area contributed by atoms with Gasteiger partial charge in [-0.2, -0.15) is 5.10 Å². The number of hydrogen-bond donors (Lipinski definition) is 1. The number of nitrogens with one attached hydrogen (secondary N) is 1. The Balaban J connectivity index is 1.71. The summed E-state index contributed by atoms with van der Waals surface area (Å²) in [6, 6.07) is 9.68. The Morgan fingerprint density at radius 3 is 2.53 bits per heavy atom. The average molecular weight is 406 g/mol. The van der Waals surface area contributed by atoms with E-state index in [0.29, 0.717) is 18.1 Å². The van der Waals surface area contributed by atoms with Crippen LogP contribution in [0.1, 0.15) is 48.0 Å². The first-order valence-electron chi connectivity index (χ1n) is 10.5. The molecule has 0 spiro atoms. The van der Waals surface area contributed by atoms with Crippen molar-refractivity contribution in [2.45, 2.75) is 59.4 Å². The number of amides is 1. The molecule has 0 atom stereocenters. The van der Waals surface area contributed by atoms with Crippen molar-refractivity contribution in [3.8, 4) is 5.95 Å². The van der Waals surface area contributed by atoms with E-state index in [1.54, 1.807) is 4.68 Å². The Kier molecular flexibility index (Phi) is 5.53. The number of hydrogen-bond acceptors (Lipinski definition) is 4. The molecule has 1 N–H and O–H groups in total. The van der Waals surface area contributed by atoms with Gasteiger partial charge in [0.25, 0.3) is 5.56 Å². The second-order valence-corrected chi connectivity index (χ2v) is 7.87. The molecular weight excluding hydrogens is 378 g/mol. The molecule has 0 fully saturated rings. The van der Waals surface area contributed by atoms with Crippen molar-refractivity contribution in [1.29, 1.82) is 0 Å². The van der Waals surface area contributed by atoms with E-state index in [1.165, 1.54) is 10.1 Å². The predicted molar refractivity (Wildman–Crippen MR) is 116 cm³/mol. The number of benzene rings is 1. The molecule has 0 bridgehead atoms. The van der Waals surface area contributed by atoms with Gasteiger partial charge in [0.05, 0.1) is 11.4 Å². The minimum Gasteiger partial charge on any atom is -0.325 e. The van der Waals surface area contributed by atoms with E-state index in [4.69, 9.17) is 4.98 Å². The molecule has 3 aromatic rings. The zero-order valence-corrected chi connectivity index (χ0v) is 17.7. The van der Waals surface area contributed by atoms with Crippen LogP contribution in [0, 0.1) is 13.8 Å². The molecule has 4 rings (SSSR count). The molecule has 0 unspecified atom stereocenters. The fourth-order valence-electron chi connectivity index (χ4n) is 3.98. The quantitative estimate of drug-likeness (QED) is 0.707. The Hall–Kier alpha value is -3.22. The monoisotopic (exact) mass is 405 g/mol. The molecule has 0 saturated heterocycles. The van der Waals surface area contributed by atoms with E-state index in [1.807, 2.05) is 44.2 Å². The molecule has 1 aliphatic carbocycles. The van der Waals surface area contributed by atoms with Crippen LogP contribution in [-0.2, 0) is 30.6 Å². The highest BCUT2D eigenvalue weighted by Crippen LogP contribution is 2.19. The van der Waals surface area contributed by atoms with Crippen LogP contribution >= 0.6 is 0 Å². The van der Waals surface area contributed by atoms with E-state index >= 15 is 0 Å². The first kappa shape index (κ1) is 20.1. The molecule has 7 heteroatoms. The number of carbonyl (C=O) groups excluding carboxylic acids is 1. The number of carbonyl (C=O) groups is 1. The summed E-state index contributed by atoms with van der Waals surface area (Å²) in [7, 11) is 0. The number of rotatable bonds is 5. The van der Waals surface area contributed by atoms with Crippen LogP contribution in [0.4, 0.5) is 5.69 Å². The fraction of sp³-hybridized carbons (Fsp3) is 0.391. The summed E-state index contributed by atoms with van der Waals surface area (Å²) < 4.78 is 3.12. The lowest BCUT2D eigenvalue weighted by atomic mass is 9.97. The molecule has 0 radical (unpaired) electrons. The van der Waals surface area contributed by atoms with Gasteiger partial charge in [0.2, 0.25) is 11.9 Å². The van der Waals surface area contributed by atoms with Gasteiger partial charge in [-0.1, -0.05) is 19.1 Å². The summed E-state index contributed by atoms with van der Waals surface area (Å²) in [5.41, 5.74) is 5.05. The topological polar surface area (TPSA) is 81.8 Å². The Labute approximate surface area is 175 Å². The van der Waals surface area contributed by atoms with Gasteiger partial charge in [-0.15, -0.1) is 0 Å². The molecular formula is C23H27N5O2. The van der Waals surface area contributed by atoms with Crippen molar-refractivity contribution in [2.75, 3.05) is 5.32 Å². The van der Waals surface area contributed by atoms with Gasteiger partial charge in [0.1, 0.15) is 6.54 Å². The molecule has 0 aliphatic heterocycles. The number of anilines is 1. The van der Waals surface area contributed by atoms with E-state index in [0.717, 1.165) is 48.3 Å². The summed E-state index contributed by atoms with van der Waals surface area (Å²) in [5.74, 6) is 0.143. The molecule has 30 heavy (non-hydrogen) atoms. The maximum atomic E-state index is 13.3. The average Bonchev–Trinajstić information content (AvgIpc) is 3.08. The molecule has 7 nitrogen and oxygen atoms in total. The minimum atomic E-state index is -0.262. The Morgan fingerprint density at radius 1 is 1.13 bits per heavy atom. The van der Waals surface area contributed by atoms with Gasteiger partial charge in [-0.25, -0.2) is 9.67 Å². The van der Waals surface area contributed by atoms with Crippen molar-refractivity contribution >= 4 is 11.6 Å². The highest BCUT2D eigenvalue weighted by molar-refractivity contribution is 5.90. The van der Waals surface area contributed by atoms with Crippen molar-refractivity contribution in [1.82, 2.24) is 19.3 Å². The highest BCUT2D eigenvalue weighted by atomic mass is 16.2. The Bertz CT molecular complexity index is 1140. The molecule has 1 amide bonds. The van der Waals surface area contributed by atoms with E-state index in [2.05, 4.69) is 17.3 Å². The zero-order valence-electron chi connectivity index (χ0n) is 17.7. The lowest BCUT2D eigenvalue weighted by Crippen LogP contribution is -2.35. The first-order chi connectivity index (χ1) is 14.5. The maximum absolute atomic E-state index is 13.3. The van der Waals surface area contributed by atoms with Crippen LogP contribution in [0.5, 0.6) is 0 Å². The number of nitrogens with zero attached hydrogens (tertiary/aromatic N) is 4. The fourth-order valence-corrected chi connectivity index (χ4v) is 3.98. The van der Waals surface area contributed by atoms with Crippen LogP contribution in [0.15, 0.2) is 35.1 Å². The highest BCUT2D eigenvalue weighted by Gasteiger charge is 2.22. The smallest absolute Gasteiger partial charge is 0.258 e. The number of aromatic nitrogens is 4. The zero-order chi connectivity index (χ0) is 21.3. The minimum absolute atomic E-state index is 0.109. The van der Waals surface area contributed by atoms with E-state index < -0.39 is 0 Å². The van der Waals surface area contributed by atoms with E-state index in [9.17, 15) is 9.59 Å². The summed E-state index contributed by atoms with van der Waals surface area (Å²) in [6.07, 6.45) is 4.43. The first-order valence-corrected chi connectivity index (χ1v) is 10.5. The lowest BCUT2D eigenvalue weighted by molar-refractivity contribution is -0.116. The van der Waals surface area contributed by atoms with Crippen LogP contribution in [0.2, 0.25) is 0 Å². The largest absolute Gasteiger partial charge is 0.325 e. The van der Waals surface area contributed by atoms with Crippen LogP contribution < -0.4 is 10.9 Å². The summed E-state index contributed by atoms with van der Waals surface area (Å²) in [5, 5.41) is 7.40. The SMILES string of the molecule is CCc1ccc(NC(=O)Cn2c(-n3nc(C)cc3C)nc3c(c2=O)CCCC3)cc1. The van der Waals surface area contributed by atoms with Crippen LogP contribution in [0.25, 0.3) is 5.95 Å². The third kappa shape index (κ3) is 3.92. The van der Waals surface area contributed by atoms with Gasteiger partial charge in [-0.3, -0.25) is 14.2 Å². The summed E-state index contributed by atoms with van der Waals surface area (Å²) >= 11 is 0. The summed E-state index contributed by atoms with van der Waals surface area (Å²) in [6.45, 7) is 5.80.